The van der Waals surface area contributed by atoms with E-state index in [-0.39, 0.29) is 4.90 Å². The summed E-state index contributed by atoms with van der Waals surface area (Å²) in [5, 5.41) is 0.698. The van der Waals surface area contributed by atoms with E-state index in [2.05, 4.69) is 0 Å². The fourth-order valence-electron chi connectivity index (χ4n) is 2.75. The Balaban J connectivity index is 2.10. The molecule has 0 atom stereocenters. The molecule has 0 bridgehead atoms. The molecule has 3 aromatic rings. The normalized spacial score (nSPS) is 11.9. The third kappa shape index (κ3) is 3.94. The maximum absolute atomic E-state index is 13.2. The van der Waals surface area contributed by atoms with Crippen LogP contribution < -0.4 is 9.47 Å². The van der Waals surface area contributed by atoms with E-state index >= 15 is 0 Å². The number of rotatable bonds is 7. The molecular formula is C20H24N2O4S. The molecule has 0 amide bonds. The molecule has 0 aliphatic rings. The van der Waals surface area contributed by atoms with Gasteiger partial charge in [-0.3, -0.25) is 0 Å². The summed E-state index contributed by atoms with van der Waals surface area (Å²) in [4.78, 5) is 2.24. The molecule has 0 saturated heterocycles. The molecular weight excluding hydrogens is 364 g/mol. The fourth-order valence-corrected chi connectivity index (χ4v) is 4.11. The number of aromatic nitrogens is 1. The Morgan fingerprint density at radius 2 is 1.78 bits per heavy atom. The first kappa shape index (κ1) is 19.3. The van der Waals surface area contributed by atoms with Crippen molar-refractivity contribution >= 4 is 20.9 Å². The van der Waals surface area contributed by atoms with Crippen LogP contribution in [0.1, 0.15) is 5.56 Å². The van der Waals surface area contributed by atoms with Crippen LogP contribution in [-0.2, 0) is 10.0 Å². The highest BCUT2D eigenvalue weighted by Gasteiger charge is 2.22. The molecule has 0 fully saturated rings. The lowest BCUT2D eigenvalue weighted by Crippen LogP contribution is -2.19. The Morgan fingerprint density at radius 3 is 2.41 bits per heavy atom. The molecule has 2 aromatic carbocycles. The molecule has 6 nitrogen and oxygen atoms in total. The van der Waals surface area contributed by atoms with Gasteiger partial charge >= 0.3 is 0 Å². The zero-order valence-electron chi connectivity index (χ0n) is 16.0. The van der Waals surface area contributed by atoms with Gasteiger partial charge in [-0.05, 0) is 51.4 Å². The van der Waals surface area contributed by atoms with Gasteiger partial charge in [0, 0.05) is 11.9 Å². The SMILES string of the molecule is COc1ccc2c(c1)c(OCCN(C)C)cn2S(=O)(=O)c1ccc(C)cc1. The number of ether oxygens (including phenoxy) is 2. The molecule has 0 saturated carbocycles. The lowest BCUT2D eigenvalue weighted by atomic mass is 10.2. The van der Waals surface area contributed by atoms with E-state index in [1.54, 1.807) is 49.6 Å². The highest BCUT2D eigenvalue weighted by atomic mass is 32.2. The monoisotopic (exact) mass is 388 g/mol. The molecule has 0 radical (unpaired) electrons. The molecule has 3 rings (SSSR count). The Hall–Kier alpha value is -2.51. The maximum Gasteiger partial charge on any atom is 0.268 e. The molecule has 0 spiro atoms. The van der Waals surface area contributed by atoms with Gasteiger partial charge in [0.25, 0.3) is 10.0 Å². The molecule has 7 heteroatoms. The Kier molecular flexibility index (Phi) is 5.43. The molecule has 0 aliphatic carbocycles. The first-order chi connectivity index (χ1) is 12.8. The van der Waals surface area contributed by atoms with E-state index in [9.17, 15) is 8.42 Å². The summed E-state index contributed by atoms with van der Waals surface area (Å²) >= 11 is 0. The molecule has 0 N–H and O–H groups in total. The molecule has 1 aromatic heterocycles. The van der Waals surface area contributed by atoms with Gasteiger partial charge in [0.05, 0.1) is 23.7 Å². The average Bonchev–Trinajstić information content (AvgIpc) is 3.00. The van der Waals surface area contributed by atoms with Crippen LogP contribution in [0.2, 0.25) is 0 Å². The predicted octanol–water partition coefficient (Wildman–Crippen LogP) is 3.14. The molecule has 0 aliphatic heterocycles. The van der Waals surface area contributed by atoms with Crippen molar-refractivity contribution in [1.29, 1.82) is 0 Å². The van der Waals surface area contributed by atoms with Crippen molar-refractivity contribution in [1.82, 2.24) is 8.87 Å². The van der Waals surface area contributed by atoms with Crippen LogP contribution in [0.4, 0.5) is 0 Å². The van der Waals surface area contributed by atoms with E-state index in [1.165, 1.54) is 10.2 Å². The van der Waals surface area contributed by atoms with Crippen molar-refractivity contribution < 1.29 is 17.9 Å². The number of nitrogens with zero attached hydrogens (tertiary/aromatic N) is 2. The molecule has 0 unspecified atom stereocenters. The fraction of sp³-hybridized carbons (Fsp3) is 0.300. The van der Waals surface area contributed by atoms with Gasteiger partial charge in [0.2, 0.25) is 0 Å². The summed E-state index contributed by atoms with van der Waals surface area (Å²) in [5.41, 5.74) is 1.56. The van der Waals surface area contributed by atoms with E-state index < -0.39 is 10.0 Å². The van der Waals surface area contributed by atoms with Crippen molar-refractivity contribution in [2.75, 3.05) is 34.4 Å². The van der Waals surface area contributed by atoms with Crippen molar-refractivity contribution in [3.05, 3.63) is 54.2 Å². The number of hydrogen-bond donors (Lipinski definition) is 0. The lowest BCUT2D eigenvalue weighted by molar-refractivity contribution is 0.263. The summed E-state index contributed by atoms with van der Waals surface area (Å²) in [6.07, 6.45) is 1.54. The average molecular weight is 388 g/mol. The largest absolute Gasteiger partial charge is 0.497 e. The summed E-state index contributed by atoms with van der Waals surface area (Å²) in [6, 6.07) is 12.1. The first-order valence-corrected chi connectivity index (χ1v) is 10.1. The van der Waals surface area contributed by atoms with Gasteiger partial charge in [-0.25, -0.2) is 12.4 Å². The van der Waals surface area contributed by atoms with E-state index in [0.717, 1.165) is 12.1 Å². The van der Waals surface area contributed by atoms with Crippen molar-refractivity contribution in [3.8, 4) is 11.5 Å². The Bertz CT molecular complexity index is 1040. The van der Waals surface area contributed by atoms with Gasteiger partial charge in [0.1, 0.15) is 18.1 Å². The number of aryl methyl sites for hydroxylation is 1. The standard InChI is InChI=1S/C20H24N2O4S/c1-15-5-8-17(9-6-15)27(23,24)22-14-20(26-12-11-21(2)3)18-13-16(25-4)7-10-19(18)22/h5-10,13-14H,11-12H2,1-4H3. The van der Waals surface area contributed by atoms with Crippen LogP contribution in [0, 0.1) is 6.92 Å². The summed E-state index contributed by atoms with van der Waals surface area (Å²) in [5.74, 6) is 1.16. The minimum Gasteiger partial charge on any atom is -0.497 e. The van der Waals surface area contributed by atoms with Gasteiger partial charge in [0.15, 0.2) is 0 Å². The first-order valence-electron chi connectivity index (χ1n) is 8.62. The van der Waals surface area contributed by atoms with E-state index in [1.807, 2.05) is 25.9 Å². The van der Waals surface area contributed by atoms with Crippen molar-refractivity contribution in [3.63, 3.8) is 0 Å². The number of fused-ring (bicyclic) bond motifs is 1. The van der Waals surface area contributed by atoms with Crippen LogP contribution in [0.5, 0.6) is 11.5 Å². The third-order valence-electron chi connectivity index (χ3n) is 4.31. The summed E-state index contributed by atoms with van der Waals surface area (Å²) in [6.45, 7) is 3.10. The van der Waals surface area contributed by atoms with Gasteiger partial charge in [-0.1, -0.05) is 17.7 Å². The topological polar surface area (TPSA) is 60.8 Å². The van der Waals surface area contributed by atoms with Crippen molar-refractivity contribution in [2.24, 2.45) is 0 Å². The van der Waals surface area contributed by atoms with E-state index in [0.29, 0.717) is 29.0 Å². The van der Waals surface area contributed by atoms with Crippen LogP contribution in [0.15, 0.2) is 53.6 Å². The molecule has 144 valence electrons. The second-order valence-corrected chi connectivity index (χ2v) is 8.46. The van der Waals surface area contributed by atoms with Crippen LogP contribution in [-0.4, -0.2) is 51.6 Å². The zero-order chi connectivity index (χ0) is 19.6. The molecule has 27 heavy (non-hydrogen) atoms. The second kappa shape index (κ2) is 7.62. The number of methoxy groups -OCH3 is 1. The quantitative estimate of drug-likeness (QED) is 0.622. The van der Waals surface area contributed by atoms with Crippen LogP contribution >= 0.6 is 0 Å². The van der Waals surface area contributed by atoms with Gasteiger partial charge in [-0.2, -0.15) is 0 Å². The number of hydrogen-bond acceptors (Lipinski definition) is 5. The highest BCUT2D eigenvalue weighted by molar-refractivity contribution is 7.90. The summed E-state index contributed by atoms with van der Waals surface area (Å²) < 4.78 is 38.8. The summed E-state index contributed by atoms with van der Waals surface area (Å²) in [7, 11) is 1.75. The van der Waals surface area contributed by atoms with E-state index in [4.69, 9.17) is 9.47 Å². The number of likely N-dealkylation sites (N-methyl/N-ethyl adjacent to an activating group) is 1. The van der Waals surface area contributed by atoms with Crippen LogP contribution in [0.3, 0.4) is 0 Å². The van der Waals surface area contributed by atoms with Crippen LogP contribution in [0.25, 0.3) is 10.9 Å². The molecule has 1 heterocycles. The van der Waals surface area contributed by atoms with Gasteiger partial charge < -0.3 is 14.4 Å². The lowest BCUT2D eigenvalue weighted by Gasteiger charge is -2.10. The maximum atomic E-state index is 13.2. The Labute approximate surface area is 160 Å². The Morgan fingerprint density at radius 1 is 1.07 bits per heavy atom. The highest BCUT2D eigenvalue weighted by Crippen LogP contribution is 2.34. The second-order valence-electron chi connectivity index (χ2n) is 6.64. The smallest absolute Gasteiger partial charge is 0.268 e. The minimum absolute atomic E-state index is 0.237. The van der Waals surface area contributed by atoms with Gasteiger partial charge in [-0.15, -0.1) is 0 Å². The third-order valence-corrected chi connectivity index (χ3v) is 6.00. The van der Waals surface area contributed by atoms with Crippen molar-refractivity contribution in [2.45, 2.75) is 11.8 Å². The predicted molar refractivity (Wildman–Crippen MR) is 106 cm³/mol. The number of benzene rings is 2. The minimum atomic E-state index is -3.74. The zero-order valence-corrected chi connectivity index (χ0v) is 16.8.